The molecule has 1 aromatic rings. The van der Waals surface area contributed by atoms with Crippen molar-refractivity contribution in [3.8, 4) is 5.75 Å². The van der Waals surface area contributed by atoms with Crippen molar-refractivity contribution in [2.24, 2.45) is 10.7 Å². The third kappa shape index (κ3) is 3.65. The number of nitrogens with zero attached hydrogens (tertiary/aromatic N) is 2. The molecule has 0 bridgehead atoms. The summed E-state index contributed by atoms with van der Waals surface area (Å²) in [5.74, 6) is 1.50. The highest BCUT2D eigenvalue weighted by atomic mass is 16.5. The predicted octanol–water partition coefficient (Wildman–Crippen LogP) is 1.89. The highest BCUT2D eigenvalue weighted by Crippen LogP contribution is 2.20. The van der Waals surface area contributed by atoms with Crippen LogP contribution in [0.15, 0.2) is 29.3 Å². The van der Waals surface area contributed by atoms with Gasteiger partial charge in [0, 0.05) is 19.6 Å². The molecule has 0 saturated heterocycles. The number of nitrogens with two attached hydrogens (primary N) is 1. The Balaban J connectivity index is 2.75. The van der Waals surface area contributed by atoms with E-state index in [0.717, 1.165) is 12.2 Å². The van der Waals surface area contributed by atoms with Crippen molar-refractivity contribution in [1.82, 2.24) is 4.90 Å². The van der Waals surface area contributed by atoms with Gasteiger partial charge >= 0.3 is 0 Å². The van der Waals surface area contributed by atoms with E-state index in [-0.39, 0.29) is 6.04 Å². The third-order valence-corrected chi connectivity index (χ3v) is 3.05. The Morgan fingerprint density at radius 3 is 2.72 bits per heavy atom. The van der Waals surface area contributed by atoms with E-state index in [1.807, 2.05) is 37.1 Å². The number of methoxy groups -OCH3 is 1. The van der Waals surface area contributed by atoms with E-state index in [1.54, 1.807) is 7.11 Å². The minimum absolute atomic E-state index is 0.275. The highest BCUT2D eigenvalue weighted by Gasteiger charge is 2.13. The molecule has 1 rings (SSSR count). The molecule has 0 saturated carbocycles. The summed E-state index contributed by atoms with van der Waals surface area (Å²) in [5, 5.41) is 0. The number of ether oxygens (including phenoxy) is 1. The summed E-state index contributed by atoms with van der Waals surface area (Å²) in [6.45, 7) is 4.81. The molecule has 1 aromatic carbocycles. The zero-order chi connectivity index (χ0) is 13.5. The van der Waals surface area contributed by atoms with E-state index < -0.39 is 0 Å². The Morgan fingerprint density at radius 1 is 1.44 bits per heavy atom. The summed E-state index contributed by atoms with van der Waals surface area (Å²) >= 11 is 0. The standard InChI is InChI=1S/C14H23N3O/c1-5-16-14(15)17(3)11(2)10-12-8-6-7-9-13(12)18-4/h6-9,11H,5,10H2,1-4H3,(H2,15,16). The van der Waals surface area contributed by atoms with E-state index in [2.05, 4.69) is 18.0 Å². The first kappa shape index (κ1) is 14.4. The number of para-hydroxylation sites is 1. The molecule has 4 nitrogen and oxygen atoms in total. The summed E-state index contributed by atoms with van der Waals surface area (Å²) in [5.41, 5.74) is 7.08. The van der Waals surface area contributed by atoms with Gasteiger partial charge in [-0.15, -0.1) is 0 Å². The fourth-order valence-corrected chi connectivity index (χ4v) is 1.83. The van der Waals surface area contributed by atoms with E-state index in [4.69, 9.17) is 10.5 Å². The fraction of sp³-hybridized carbons (Fsp3) is 0.500. The van der Waals surface area contributed by atoms with Gasteiger partial charge in [-0.1, -0.05) is 18.2 Å². The highest BCUT2D eigenvalue weighted by molar-refractivity contribution is 5.78. The third-order valence-electron chi connectivity index (χ3n) is 3.05. The molecule has 0 amide bonds. The van der Waals surface area contributed by atoms with Crippen molar-refractivity contribution >= 4 is 5.96 Å². The SMILES string of the molecule is CCN=C(N)N(C)C(C)Cc1ccccc1OC. The molecule has 0 spiro atoms. The van der Waals surface area contributed by atoms with E-state index >= 15 is 0 Å². The van der Waals surface area contributed by atoms with Crippen LogP contribution in [0.5, 0.6) is 5.75 Å². The lowest BCUT2D eigenvalue weighted by molar-refractivity contribution is 0.369. The van der Waals surface area contributed by atoms with Crippen LogP contribution in [0.1, 0.15) is 19.4 Å². The van der Waals surface area contributed by atoms with Crippen molar-refractivity contribution in [2.75, 3.05) is 20.7 Å². The molecule has 18 heavy (non-hydrogen) atoms. The van der Waals surface area contributed by atoms with Crippen LogP contribution in [0.25, 0.3) is 0 Å². The van der Waals surface area contributed by atoms with Crippen molar-refractivity contribution < 1.29 is 4.74 Å². The maximum absolute atomic E-state index is 5.90. The van der Waals surface area contributed by atoms with E-state index in [0.29, 0.717) is 12.5 Å². The van der Waals surface area contributed by atoms with Gasteiger partial charge in [0.25, 0.3) is 0 Å². The van der Waals surface area contributed by atoms with Gasteiger partial charge in [0.1, 0.15) is 5.75 Å². The quantitative estimate of drug-likeness (QED) is 0.640. The van der Waals surface area contributed by atoms with Gasteiger partial charge < -0.3 is 15.4 Å². The molecule has 0 aliphatic carbocycles. The first-order valence-electron chi connectivity index (χ1n) is 6.24. The first-order chi connectivity index (χ1) is 8.60. The van der Waals surface area contributed by atoms with Crippen molar-refractivity contribution in [3.05, 3.63) is 29.8 Å². The van der Waals surface area contributed by atoms with E-state index in [1.165, 1.54) is 5.56 Å². The molecule has 0 aliphatic heterocycles. The Morgan fingerprint density at radius 2 is 2.11 bits per heavy atom. The van der Waals surface area contributed by atoms with Crippen LogP contribution in [0.2, 0.25) is 0 Å². The van der Waals surface area contributed by atoms with Crippen molar-refractivity contribution in [2.45, 2.75) is 26.3 Å². The number of hydrogen-bond donors (Lipinski definition) is 1. The molecule has 4 heteroatoms. The lowest BCUT2D eigenvalue weighted by Gasteiger charge is -2.26. The van der Waals surface area contributed by atoms with Crippen LogP contribution in [0.3, 0.4) is 0 Å². The second-order valence-corrected chi connectivity index (χ2v) is 4.31. The fourth-order valence-electron chi connectivity index (χ4n) is 1.83. The number of aliphatic imine (C=N–C) groups is 1. The molecule has 0 heterocycles. The summed E-state index contributed by atoms with van der Waals surface area (Å²) in [6, 6.07) is 8.33. The monoisotopic (exact) mass is 249 g/mol. The number of rotatable bonds is 5. The zero-order valence-corrected chi connectivity index (χ0v) is 11.7. The molecular weight excluding hydrogens is 226 g/mol. The van der Waals surface area contributed by atoms with Crippen LogP contribution in [0.4, 0.5) is 0 Å². The lowest BCUT2D eigenvalue weighted by atomic mass is 10.1. The molecule has 1 unspecified atom stereocenters. The lowest BCUT2D eigenvalue weighted by Crippen LogP contribution is -2.41. The Hall–Kier alpha value is -1.71. The largest absolute Gasteiger partial charge is 0.496 e. The smallest absolute Gasteiger partial charge is 0.191 e. The zero-order valence-electron chi connectivity index (χ0n) is 11.7. The van der Waals surface area contributed by atoms with E-state index in [9.17, 15) is 0 Å². The second kappa shape index (κ2) is 6.89. The maximum atomic E-state index is 5.90. The Labute approximate surface area is 109 Å². The minimum atomic E-state index is 0.275. The molecular formula is C14H23N3O. The van der Waals surface area contributed by atoms with Crippen LogP contribution >= 0.6 is 0 Å². The molecule has 2 N–H and O–H groups in total. The molecule has 0 aliphatic rings. The Bertz CT molecular complexity index is 404. The summed E-state index contributed by atoms with van der Waals surface area (Å²) in [4.78, 5) is 6.21. The van der Waals surface area contributed by atoms with Gasteiger partial charge in [-0.3, -0.25) is 4.99 Å². The van der Waals surface area contributed by atoms with Crippen molar-refractivity contribution in [1.29, 1.82) is 0 Å². The van der Waals surface area contributed by atoms with Crippen LogP contribution in [-0.2, 0) is 6.42 Å². The van der Waals surface area contributed by atoms with Crippen molar-refractivity contribution in [3.63, 3.8) is 0 Å². The average molecular weight is 249 g/mol. The van der Waals surface area contributed by atoms with Gasteiger partial charge in [-0.05, 0) is 31.9 Å². The van der Waals surface area contributed by atoms with Gasteiger partial charge in [-0.2, -0.15) is 0 Å². The number of benzene rings is 1. The van der Waals surface area contributed by atoms with Crippen LogP contribution in [0, 0.1) is 0 Å². The topological polar surface area (TPSA) is 50.8 Å². The Kier molecular flexibility index (Phi) is 5.49. The maximum Gasteiger partial charge on any atom is 0.191 e. The average Bonchev–Trinajstić information content (AvgIpc) is 2.38. The van der Waals surface area contributed by atoms with Gasteiger partial charge in [0.2, 0.25) is 0 Å². The summed E-state index contributed by atoms with van der Waals surface area (Å²) in [6.07, 6.45) is 0.875. The molecule has 1 atom stereocenters. The predicted molar refractivity (Wildman–Crippen MR) is 76.1 cm³/mol. The molecule has 0 fully saturated rings. The molecule has 100 valence electrons. The molecule has 0 radical (unpaired) electrons. The number of hydrogen-bond acceptors (Lipinski definition) is 2. The van der Waals surface area contributed by atoms with Gasteiger partial charge in [-0.25, -0.2) is 0 Å². The summed E-state index contributed by atoms with van der Waals surface area (Å²) in [7, 11) is 3.66. The van der Waals surface area contributed by atoms with Gasteiger partial charge in [0.15, 0.2) is 5.96 Å². The normalized spacial score (nSPS) is 13.2. The number of guanidine groups is 1. The van der Waals surface area contributed by atoms with Crippen LogP contribution in [-0.4, -0.2) is 37.6 Å². The minimum Gasteiger partial charge on any atom is -0.496 e. The summed E-state index contributed by atoms with van der Waals surface area (Å²) < 4.78 is 5.35. The first-order valence-corrected chi connectivity index (χ1v) is 6.24. The second-order valence-electron chi connectivity index (χ2n) is 4.31. The number of likely N-dealkylation sites (N-methyl/N-ethyl adjacent to an activating group) is 1. The van der Waals surface area contributed by atoms with Crippen LogP contribution < -0.4 is 10.5 Å². The van der Waals surface area contributed by atoms with Gasteiger partial charge in [0.05, 0.1) is 7.11 Å². The molecule has 0 aromatic heterocycles.